The van der Waals surface area contributed by atoms with Crippen LogP contribution in [0.5, 0.6) is 0 Å². The van der Waals surface area contributed by atoms with Crippen molar-refractivity contribution in [2.75, 3.05) is 0 Å². The number of hydrogen-bond donors (Lipinski definition) is 1. The van der Waals surface area contributed by atoms with E-state index in [4.69, 9.17) is 15.4 Å². The van der Waals surface area contributed by atoms with Crippen LogP contribution in [0.1, 0.15) is 71.6 Å². The molecule has 212 valence electrons. The molecule has 2 fully saturated rings. The molecule has 0 unspecified atom stereocenters. The largest absolute Gasteiger partial charge is 0.680 e. The van der Waals surface area contributed by atoms with Gasteiger partial charge >= 0.3 is 0 Å². The summed E-state index contributed by atoms with van der Waals surface area (Å²) in [6, 6.07) is 2.07. The molecule has 0 saturated heterocycles. The van der Waals surface area contributed by atoms with E-state index >= 15 is 0 Å². The second-order valence-electron chi connectivity index (χ2n) is 11.5. The topological polar surface area (TPSA) is 64.0 Å². The normalized spacial score (nSPS) is 19.9. The Morgan fingerprint density at radius 1 is 0.722 bits per heavy atom. The maximum Gasteiger partial charge on any atom is 0.127 e. The van der Waals surface area contributed by atoms with Gasteiger partial charge in [-0.2, -0.15) is 13.8 Å². The second-order valence-corrected chi connectivity index (χ2v) is 25.1. The van der Waals surface area contributed by atoms with E-state index in [1.165, 1.54) is 57.8 Å². The Morgan fingerprint density at radius 3 is 1.47 bits per heavy atom. The summed E-state index contributed by atoms with van der Waals surface area (Å²) in [4.78, 5) is 13.6. The molecule has 0 aromatic carbocycles. The van der Waals surface area contributed by atoms with E-state index in [1.54, 1.807) is 13.8 Å². The first-order valence-electron chi connectivity index (χ1n) is 13.6. The molecule has 0 heterocycles. The average molecular weight is 675 g/mol. The van der Waals surface area contributed by atoms with Crippen molar-refractivity contribution in [3.8, 4) is 0 Å². The van der Waals surface area contributed by atoms with Crippen molar-refractivity contribution in [3.05, 3.63) is 29.2 Å². The molecule has 0 aromatic rings. The summed E-state index contributed by atoms with van der Waals surface area (Å²) in [5, 5.41) is 7.08. The first-order chi connectivity index (χ1) is 15.7. The van der Waals surface area contributed by atoms with Crippen LogP contribution in [0.2, 0.25) is 65.5 Å². The minimum atomic E-state index is -1.36. The van der Waals surface area contributed by atoms with Crippen molar-refractivity contribution in [1.29, 1.82) is 0 Å². The quantitative estimate of drug-likeness (QED) is 0.221. The van der Waals surface area contributed by atoms with Crippen LogP contribution in [-0.2, 0) is 39.0 Å². The molecule has 10 heteroatoms. The molecule has 2 aliphatic carbocycles. The molecule has 2 radical (unpaired) electrons. The van der Waals surface area contributed by atoms with E-state index in [9.17, 15) is 0 Å². The molecular weight excluding hydrogens is 611 g/mol. The molecule has 0 aliphatic heterocycles. The van der Waals surface area contributed by atoms with Crippen molar-refractivity contribution in [1.82, 2.24) is 4.98 Å². The van der Waals surface area contributed by atoms with E-state index < -0.39 is 25.4 Å². The fourth-order valence-corrected chi connectivity index (χ4v) is 7.30. The third-order valence-corrected chi connectivity index (χ3v) is 7.71. The third kappa shape index (κ3) is 38.1. The molecule has 2 atom stereocenters. The van der Waals surface area contributed by atoms with Crippen LogP contribution in [-0.4, -0.2) is 52.5 Å². The van der Waals surface area contributed by atoms with Crippen LogP contribution in [0.4, 0.5) is 0 Å². The van der Waals surface area contributed by atoms with Crippen LogP contribution in [0.25, 0.3) is 15.4 Å². The maximum absolute atomic E-state index is 7.08. The molecule has 2 saturated carbocycles. The molecular formula is C26H63N4Si4Zn2-5. The standard InChI is InChI=1S/C10H23N2Si2.C9H20NSi.C3H10NSi.2C2H5.2Zn/c1-13(2)11-9-7-5-6-8-10(9)12-14(3)4;1-11(2,3)10-9-7-5-4-6-8-9;1-5(2,3)4;2*1-2;;/h9-11H,5-8H2,1-4H3;9H,4-8H2,1-3H3;4H,1-3H3;2*1H2,2H3;;/q5*-1;;/t9-,10-;;;;;;/m1....../s1. The first kappa shape index (κ1) is 47.7. The monoisotopic (exact) mass is 671 g/mol. The van der Waals surface area contributed by atoms with Gasteiger partial charge in [-0.05, 0) is 12.5 Å². The Kier molecular flexibility index (Phi) is 37.8. The molecule has 2 aliphatic rings. The smallest absolute Gasteiger partial charge is 0.127 e. The van der Waals surface area contributed by atoms with Gasteiger partial charge in [0.05, 0.1) is 0 Å². The summed E-state index contributed by atoms with van der Waals surface area (Å²) in [6.07, 6.45) is 12.5. The third-order valence-electron chi connectivity index (χ3n) is 4.77. The van der Waals surface area contributed by atoms with Crippen LogP contribution >= 0.6 is 0 Å². The predicted molar refractivity (Wildman–Crippen MR) is 171 cm³/mol. The van der Waals surface area contributed by atoms with Gasteiger partial charge in [-0.25, -0.2) is 0 Å². The fraction of sp³-hybridized carbons (Fsp3) is 0.923. The van der Waals surface area contributed by atoms with E-state index in [0.29, 0.717) is 12.1 Å². The summed E-state index contributed by atoms with van der Waals surface area (Å²) in [7, 11) is -3.19. The van der Waals surface area contributed by atoms with Gasteiger partial charge in [-0.1, -0.05) is 142 Å². The Morgan fingerprint density at radius 2 is 1.11 bits per heavy atom. The first-order valence-corrected chi connectivity index (χ1v) is 25.5. The van der Waals surface area contributed by atoms with Gasteiger partial charge in [0.25, 0.3) is 0 Å². The predicted octanol–water partition coefficient (Wildman–Crippen LogP) is 9.84. The number of nitrogens with one attached hydrogen (secondary N) is 2. The van der Waals surface area contributed by atoms with Crippen molar-refractivity contribution in [3.63, 3.8) is 0 Å². The van der Waals surface area contributed by atoms with Crippen LogP contribution in [0.3, 0.4) is 0 Å². The molecule has 0 aromatic heterocycles. The Bertz CT molecular complexity index is 405. The van der Waals surface area contributed by atoms with E-state index in [2.05, 4.69) is 64.7 Å². The van der Waals surface area contributed by atoms with Crippen molar-refractivity contribution in [2.45, 2.75) is 155 Å². The van der Waals surface area contributed by atoms with Gasteiger partial charge in [0.2, 0.25) is 0 Å². The Balaban J connectivity index is -0.000000131. The van der Waals surface area contributed by atoms with E-state index in [-0.39, 0.29) is 47.9 Å². The molecule has 4 nitrogen and oxygen atoms in total. The second kappa shape index (κ2) is 28.5. The minimum absolute atomic E-state index is 0. The molecule has 2 N–H and O–H groups in total. The number of nitrogens with zero attached hydrogens (tertiary/aromatic N) is 2. The Labute approximate surface area is 261 Å². The zero-order valence-corrected chi connectivity index (χ0v) is 36.8. The van der Waals surface area contributed by atoms with E-state index in [1.807, 2.05) is 19.6 Å². The SMILES string of the molecule is C[Si](C)(C)[N-]C1CCCCC1.C[Si](C)(C)[NH-].C[Si](C)[N-][C@@H]1CCCC[C@H]1N[Si](C)C.[CH2-]C.[CH2-]C.[Zn].[Zn]. The van der Waals surface area contributed by atoms with Crippen LogP contribution in [0, 0.1) is 13.8 Å². The maximum atomic E-state index is 7.08. The van der Waals surface area contributed by atoms with Gasteiger partial charge in [-0.15, -0.1) is 12.1 Å². The summed E-state index contributed by atoms with van der Waals surface area (Å²) in [6.45, 7) is 32.2. The van der Waals surface area contributed by atoms with Gasteiger partial charge < -0.3 is 34.2 Å². The summed E-state index contributed by atoms with van der Waals surface area (Å²) >= 11 is 0. The van der Waals surface area contributed by atoms with Crippen LogP contribution in [0.15, 0.2) is 0 Å². The number of rotatable bonds is 6. The summed E-state index contributed by atoms with van der Waals surface area (Å²) in [5.74, 6) is 0. The van der Waals surface area contributed by atoms with Crippen LogP contribution < -0.4 is 4.98 Å². The van der Waals surface area contributed by atoms with Crippen molar-refractivity contribution < 1.29 is 39.0 Å². The van der Waals surface area contributed by atoms with Crippen molar-refractivity contribution >= 4 is 34.4 Å². The van der Waals surface area contributed by atoms with Gasteiger partial charge in [0, 0.05) is 39.0 Å². The van der Waals surface area contributed by atoms with Gasteiger partial charge in [0.15, 0.2) is 0 Å². The van der Waals surface area contributed by atoms with Gasteiger partial charge in [0.1, 0.15) is 8.96 Å². The zero-order chi connectivity index (χ0) is 27.4. The number of hydrogen-bond acceptors (Lipinski definition) is 1. The molecule has 0 spiro atoms. The summed E-state index contributed by atoms with van der Waals surface area (Å²) < 4.78 is 0. The average Bonchev–Trinajstić information content (AvgIpc) is 2.71. The zero-order valence-electron chi connectivity index (χ0n) is 26.8. The molecule has 0 bridgehead atoms. The fourth-order valence-electron chi connectivity index (χ4n) is 3.89. The minimum Gasteiger partial charge on any atom is -0.680 e. The molecule has 36 heavy (non-hydrogen) atoms. The van der Waals surface area contributed by atoms with Crippen molar-refractivity contribution in [2.24, 2.45) is 0 Å². The molecule has 2 rings (SSSR count). The molecule has 0 amide bonds. The van der Waals surface area contributed by atoms with E-state index in [0.717, 1.165) is 6.04 Å². The van der Waals surface area contributed by atoms with Gasteiger partial charge in [-0.3, -0.25) is 0 Å². The summed E-state index contributed by atoms with van der Waals surface area (Å²) in [5.41, 5.74) is 0. The Hall–Kier alpha value is 1.95.